The van der Waals surface area contributed by atoms with Crippen molar-refractivity contribution in [3.05, 3.63) is 0 Å². The summed E-state index contributed by atoms with van der Waals surface area (Å²) >= 11 is 0. The van der Waals surface area contributed by atoms with Crippen LogP contribution in [0.3, 0.4) is 0 Å². The monoisotopic (exact) mass is 763 g/mol. The number of aliphatic carboxylic acids is 1. The topological polar surface area (TPSA) is 270 Å². The van der Waals surface area contributed by atoms with Crippen LogP contribution in [0.15, 0.2) is 0 Å². The zero-order chi connectivity index (χ0) is 40.3. The van der Waals surface area contributed by atoms with Crippen LogP contribution in [-0.4, -0.2) is 149 Å². The second-order valence-electron chi connectivity index (χ2n) is 14.5. The Morgan fingerprint density at radius 2 is 1.04 bits per heavy atom. The number of nitrogens with one attached hydrogen (secondary N) is 5. The van der Waals surface area contributed by atoms with Crippen LogP contribution in [0.1, 0.15) is 79.6 Å². The quantitative estimate of drug-likeness (QED) is 0.0808. The van der Waals surface area contributed by atoms with Crippen LogP contribution >= 0.6 is 0 Å². The second kappa shape index (κ2) is 20.0. The third kappa shape index (κ3) is 11.1. The first-order valence-electron chi connectivity index (χ1n) is 18.8. The van der Waals surface area contributed by atoms with Gasteiger partial charge in [-0.2, -0.15) is 0 Å². The van der Waals surface area contributed by atoms with Gasteiger partial charge < -0.3 is 52.1 Å². The van der Waals surface area contributed by atoms with E-state index in [4.69, 9.17) is 5.73 Å². The number of likely N-dealkylation sites (tertiary alicyclic amines) is 3. The van der Waals surface area contributed by atoms with Gasteiger partial charge in [-0.3, -0.25) is 38.4 Å². The van der Waals surface area contributed by atoms with Gasteiger partial charge in [0, 0.05) is 19.6 Å². The smallest absolute Gasteiger partial charge is 0.326 e. The number of carbonyl (C=O) groups excluding carboxylic acids is 8. The molecule has 0 radical (unpaired) electrons. The summed E-state index contributed by atoms with van der Waals surface area (Å²) in [6.07, 6.45) is 3.26. The summed E-state index contributed by atoms with van der Waals surface area (Å²) in [7, 11) is 0. The average Bonchev–Trinajstić information content (AvgIpc) is 3.94. The highest BCUT2D eigenvalue weighted by Crippen LogP contribution is 2.21. The molecule has 3 heterocycles. The number of carboxylic acids is 1. The van der Waals surface area contributed by atoms with E-state index in [1.165, 1.54) is 21.6 Å². The minimum absolute atomic E-state index is 0.232. The van der Waals surface area contributed by atoms with Crippen molar-refractivity contribution in [2.75, 3.05) is 39.3 Å². The molecular formula is C35H57N9O10. The molecule has 19 nitrogen and oxygen atoms in total. The molecule has 3 rings (SSSR count). The van der Waals surface area contributed by atoms with Gasteiger partial charge in [0.2, 0.25) is 47.3 Å². The standard InChI is InChI=1S/C35H57N9O10/c1-6-20(4)29(34(52)38-18-27(47)43-14-8-11-23(43)32(50)40-28(19(2)3)35(53)54)41-33(51)24-12-9-15-44(24)26(46)17-37-30(48)21(5)39-31(49)22-10-7-13-42(22)25(45)16-36/h19-24,28-29H,6-18,36H2,1-5H3,(H,37,48)(H,38,52)(H,39,49)(H,40,50)(H,41,51)(H,53,54)/t20-,21-,22-,23-,24-,28-,29-/m0/s1. The first kappa shape index (κ1) is 43.6. The van der Waals surface area contributed by atoms with Gasteiger partial charge in [0.05, 0.1) is 19.6 Å². The normalized spacial score (nSPS) is 21.8. The molecule has 8 amide bonds. The lowest BCUT2D eigenvalue weighted by atomic mass is 9.97. The number of rotatable bonds is 17. The zero-order valence-corrected chi connectivity index (χ0v) is 31.9. The molecular weight excluding hydrogens is 706 g/mol. The maximum absolute atomic E-state index is 13.5. The fourth-order valence-corrected chi connectivity index (χ4v) is 7.01. The Labute approximate surface area is 315 Å². The van der Waals surface area contributed by atoms with Crippen LogP contribution in [-0.2, 0) is 43.2 Å². The Morgan fingerprint density at radius 1 is 0.630 bits per heavy atom. The van der Waals surface area contributed by atoms with E-state index in [0.717, 1.165) is 0 Å². The lowest BCUT2D eigenvalue weighted by Gasteiger charge is -2.29. The molecule has 0 aromatic carbocycles. The molecule has 54 heavy (non-hydrogen) atoms. The van der Waals surface area contributed by atoms with Crippen molar-refractivity contribution in [3.8, 4) is 0 Å². The lowest BCUT2D eigenvalue weighted by Crippen LogP contribution is -2.57. The van der Waals surface area contributed by atoms with Gasteiger partial charge in [-0.25, -0.2) is 4.79 Å². The van der Waals surface area contributed by atoms with Crippen molar-refractivity contribution in [1.29, 1.82) is 0 Å². The Bertz CT molecular complexity index is 1440. The first-order chi connectivity index (χ1) is 25.5. The SMILES string of the molecule is CC[C@H](C)[C@H](NC(=O)[C@@H]1CCCN1C(=O)CNC(=O)[C@H](C)NC(=O)[C@@H]1CCCN1C(=O)CN)C(=O)NCC(=O)N1CCC[C@H]1C(=O)N[C@H](C(=O)O)C(C)C. The van der Waals surface area contributed by atoms with E-state index >= 15 is 0 Å². The van der Waals surface area contributed by atoms with Crippen molar-refractivity contribution < 1.29 is 48.3 Å². The Kier molecular flexibility index (Phi) is 16.2. The molecule has 0 saturated carbocycles. The van der Waals surface area contributed by atoms with Gasteiger partial charge in [0.25, 0.3) is 0 Å². The van der Waals surface area contributed by atoms with Gasteiger partial charge in [-0.1, -0.05) is 34.1 Å². The number of amides is 8. The number of hydrogen-bond acceptors (Lipinski definition) is 10. The molecule has 0 aliphatic carbocycles. The predicted molar refractivity (Wildman–Crippen MR) is 193 cm³/mol. The number of carbonyl (C=O) groups is 9. The molecule has 302 valence electrons. The highest BCUT2D eigenvalue weighted by Gasteiger charge is 2.39. The molecule has 3 aliphatic heterocycles. The molecule has 0 bridgehead atoms. The number of nitrogens with zero attached hydrogens (tertiary/aromatic N) is 3. The van der Waals surface area contributed by atoms with Gasteiger partial charge in [-0.05, 0) is 57.3 Å². The largest absolute Gasteiger partial charge is 0.480 e. The molecule has 0 spiro atoms. The third-order valence-electron chi connectivity index (χ3n) is 10.4. The predicted octanol–water partition coefficient (Wildman–Crippen LogP) is -2.59. The molecule has 0 aromatic heterocycles. The van der Waals surface area contributed by atoms with E-state index in [9.17, 15) is 48.3 Å². The highest BCUT2D eigenvalue weighted by atomic mass is 16.4. The Balaban J connectivity index is 1.54. The molecule has 8 N–H and O–H groups in total. The number of hydrogen-bond donors (Lipinski definition) is 7. The molecule has 3 saturated heterocycles. The Hall–Kier alpha value is -4.81. The lowest BCUT2D eigenvalue weighted by molar-refractivity contribution is -0.145. The summed E-state index contributed by atoms with van der Waals surface area (Å²) in [6.45, 7) is 8.14. The van der Waals surface area contributed by atoms with Crippen LogP contribution in [0.4, 0.5) is 0 Å². The van der Waals surface area contributed by atoms with Crippen molar-refractivity contribution >= 4 is 53.2 Å². The maximum Gasteiger partial charge on any atom is 0.326 e. The van der Waals surface area contributed by atoms with Crippen LogP contribution in [0.25, 0.3) is 0 Å². The summed E-state index contributed by atoms with van der Waals surface area (Å²) in [4.78, 5) is 119. The van der Waals surface area contributed by atoms with Gasteiger partial charge in [-0.15, -0.1) is 0 Å². The van der Waals surface area contributed by atoms with Crippen molar-refractivity contribution in [1.82, 2.24) is 41.3 Å². The summed E-state index contributed by atoms with van der Waals surface area (Å²) in [6, 6.07) is -5.70. The van der Waals surface area contributed by atoms with E-state index in [2.05, 4.69) is 26.6 Å². The summed E-state index contributed by atoms with van der Waals surface area (Å²) in [5, 5.41) is 22.4. The molecule has 3 fully saturated rings. The fraction of sp³-hybridized carbons (Fsp3) is 0.743. The minimum atomic E-state index is -1.18. The van der Waals surface area contributed by atoms with E-state index in [-0.39, 0.29) is 37.4 Å². The summed E-state index contributed by atoms with van der Waals surface area (Å²) in [5.41, 5.74) is 5.44. The second-order valence-corrected chi connectivity index (χ2v) is 14.5. The van der Waals surface area contributed by atoms with Crippen LogP contribution in [0.2, 0.25) is 0 Å². The average molecular weight is 764 g/mol. The van der Waals surface area contributed by atoms with Gasteiger partial charge in [0.1, 0.15) is 36.3 Å². The molecule has 7 atom stereocenters. The summed E-state index contributed by atoms with van der Waals surface area (Å²) < 4.78 is 0. The molecule has 0 aromatic rings. The van der Waals surface area contributed by atoms with Crippen molar-refractivity contribution in [2.24, 2.45) is 17.6 Å². The van der Waals surface area contributed by atoms with Gasteiger partial charge in [0.15, 0.2) is 0 Å². The third-order valence-corrected chi connectivity index (χ3v) is 10.4. The van der Waals surface area contributed by atoms with Gasteiger partial charge >= 0.3 is 5.97 Å². The summed E-state index contributed by atoms with van der Waals surface area (Å²) in [5.74, 6) is -6.23. The van der Waals surface area contributed by atoms with Crippen molar-refractivity contribution in [3.63, 3.8) is 0 Å². The van der Waals surface area contributed by atoms with Crippen LogP contribution in [0, 0.1) is 11.8 Å². The molecule has 0 unspecified atom stereocenters. The van der Waals surface area contributed by atoms with E-state index in [1.54, 1.807) is 20.8 Å². The molecule has 19 heteroatoms. The zero-order valence-electron chi connectivity index (χ0n) is 31.9. The van der Waals surface area contributed by atoms with Crippen LogP contribution < -0.4 is 32.3 Å². The van der Waals surface area contributed by atoms with E-state index in [0.29, 0.717) is 51.5 Å². The van der Waals surface area contributed by atoms with Crippen LogP contribution in [0.5, 0.6) is 0 Å². The highest BCUT2D eigenvalue weighted by molar-refractivity contribution is 5.97. The number of carboxylic acid groups (broad SMARTS) is 1. The number of nitrogens with two attached hydrogens (primary N) is 1. The maximum atomic E-state index is 13.5. The first-order valence-corrected chi connectivity index (χ1v) is 18.8. The fourth-order valence-electron chi connectivity index (χ4n) is 7.01. The van der Waals surface area contributed by atoms with E-state index in [1.807, 2.05) is 6.92 Å². The molecule has 3 aliphatic rings. The van der Waals surface area contributed by atoms with Crippen molar-refractivity contribution in [2.45, 2.75) is 116 Å². The Morgan fingerprint density at radius 3 is 1.44 bits per heavy atom. The van der Waals surface area contributed by atoms with E-state index < -0.39 is 96.7 Å². The minimum Gasteiger partial charge on any atom is -0.480 e.